The van der Waals surface area contributed by atoms with Gasteiger partial charge in [-0.05, 0) is 13.3 Å². The predicted molar refractivity (Wildman–Crippen MR) is 33.5 cm³/mol. The van der Waals surface area contributed by atoms with E-state index in [-0.39, 0.29) is 0 Å². The van der Waals surface area contributed by atoms with E-state index in [1.807, 2.05) is 0 Å². The lowest BCUT2D eigenvalue weighted by Gasteiger charge is -2.15. The van der Waals surface area contributed by atoms with E-state index < -0.39 is 0 Å². The number of hydrogen-bond donors (Lipinski definition) is 2. The summed E-state index contributed by atoms with van der Waals surface area (Å²) in [6, 6.07) is 0.502. The molecule has 0 saturated heterocycles. The second kappa shape index (κ2) is 2.03. The fraction of sp³-hybridized carbons (Fsp3) is 0.800. The number of hydrogen-bond acceptors (Lipinski definition) is 3. The second-order valence-corrected chi connectivity index (χ2v) is 2.17. The zero-order valence-electron chi connectivity index (χ0n) is 5.02. The molecule has 1 rings (SSSR count). The number of nitrogens with two attached hydrogens (primary N) is 1. The SMILES string of the molecule is CC1CCC(N)=NN1. The van der Waals surface area contributed by atoms with Crippen molar-refractivity contribution in [2.45, 2.75) is 25.8 Å². The van der Waals surface area contributed by atoms with Gasteiger partial charge < -0.3 is 11.2 Å². The van der Waals surface area contributed by atoms with Crippen LogP contribution in [0.15, 0.2) is 5.10 Å². The van der Waals surface area contributed by atoms with Crippen LogP contribution in [0, 0.1) is 0 Å². The summed E-state index contributed by atoms with van der Waals surface area (Å²) < 4.78 is 0. The highest BCUT2D eigenvalue weighted by Gasteiger charge is 2.06. The Morgan fingerprint density at radius 3 is 3.00 bits per heavy atom. The van der Waals surface area contributed by atoms with Gasteiger partial charge in [0.1, 0.15) is 5.84 Å². The van der Waals surface area contributed by atoms with Crippen LogP contribution in [0.3, 0.4) is 0 Å². The highest BCUT2D eigenvalue weighted by Crippen LogP contribution is 2.00. The monoisotopic (exact) mass is 113 g/mol. The molecule has 0 spiro atoms. The van der Waals surface area contributed by atoms with Gasteiger partial charge in [-0.2, -0.15) is 5.10 Å². The lowest BCUT2D eigenvalue weighted by Crippen LogP contribution is -2.31. The molecule has 3 N–H and O–H groups in total. The summed E-state index contributed by atoms with van der Waals surface area (Å²) in [5.41, 5.74) is 8.28. The molecule has 0 radical (unpaired) electrons. The second-order valence-electron chi connectivity index (χ2n) is 2.17. The van der Waals surface area contributed by atoms with Crippen molar-refractivity contribution in [3.63, 3.8) is 0 Å². The van der Waals surface area contributed by atoms with Crippen molar-refractivity contribution in [2.75, 3.05) is 0 Å². The van der Waals surface area contributed by atoms with Crippen molar-refractivity contribution < 1.29 is 0 Å². The van der Waals surface area contributed by atoms with Crippen LogP contribution in [0.1, 0.15) is 19.8 Å². The van der Waals surface area contributed by atoms with Gasteiger partial charge in [-0.25, -0.2) is 0 Å². The molecule has 0 fully saturated rings. The van der Waals surface area contributed by atoms with Crippen molar-refractivity contribution in [2.24, 2.45) is 10.8 Å². The minimum atomic E-state index is 0.502. The molecule has 46 valence electrons. The van der Waals surface area contributed by atoms with Crippen LogP contribution < -0.4 is 11.2 Å². The third kappa shape index (κ3) is 1.12. The maximum atomic E-state index is 5.38. The fourth-order valence-corrected chi connectivity index (χ4v) is 0.678. The first-order valence-corrected chi connectivity index (χ1v) is 2.86. The zero-order chi connectivity index (χ0) is 5.98. The smallest absolute Gasteiger partial charge is 0.119 e. The molecule has 1 atom stereocenters. The summed E-state index contributed by atoms with van der Waals surface area (Å²) >= 11 is 0. The highest BCUT2D eigenvalue weighted by molar-refractivity contribution is 5.80. The Labute approximate surface area is 48.9 Å². The quantitative estimate of drug-likeness (QED) is 0.465. The van der Waals surface area contributed by atoms with E-state index in [2.05, 4.69) is 17.5 Å². The van der Waals surface area contributed by atoms with E-state index in [9.17, 15) is 0 Å². The van der Waals surface area contributed by atoms with E-state index in [1.54, 1.807) is 0 Å². The molecule has 3 nitrogen and oxygen atoms in total. The summed E-state index contributed by atoms with van der Waals surface area (Å²) in [6.45, 7) is 2.09. The highest BCUT2D eigenvalue weighted by atomic mass is 15.3. The summed E-state index contributed by atoms with van der Waals surface area (Å²) in [5, 5.41) is 3.86. The maximum Gasteiger partial charge on any atom is 0.119 e. The van der Waals surface area contributed by atoms with E-state index >= 15 is 0 Å². The van der Waals surface area contributed by atoms with Gasteiger partial charge in [-0.15, -0.1) is 0 Å². The Bertz CT molecular complexity index is 108. The van der Waals surface area contributed by atoms with E-state index in [4.69, 9.17) is 5.73 Å². The Balaban J connectivity index is 2.42. The molecular weight excluding hydrogens is 102 g/mol. The molecule has 0 aromatic carbocycles. The van der Waals surface area contributed by atoms with Gasteiger partial charge in [0.15, 0.2) is 0 Å². The molecule has 3 heteroatoms. The number of hydrazone groups is 1. The molecule has 0 aliphatic carbocycles. The van der Waals surface area contributed by atoms with Crippen LogP contribution in [0.25, 0.3) is 0 Å². The van der Waals surface area contributed by atoms with Crippen molar-refractivity contribution in [1.29, 1.82) is 0 Å². The largest absolute Gasteiger partial charge is 0.386 e. The molecule has 0 amide bonds. The minimum Gasteiger partial charge on any atom is -0.386 e. The fourth-order valence-electron chi connectivity index (χ4n) is 0.678. The number of nitrogens with zero attached hydrogens (tertiary/aromatic N) is 1. The van der Waals surface area contributed by atoms with Crippen LogP contribution in [-0.4, -0.2) is 11.9 Å². The molecule has 1 aliphatic heterocycles. The first kappa shape index (κ1) is 5.41. The van der Waals surface area contributed by atoms with Gasteiger partial charge in [0.25, 0.3) is 0 Å². The maximum absolute atomic E-state index is 5.38. The number of rotatable bonds is 0. The first-order chi connectivity index (χ1) is 3.79. The molecular formula is C5H11N3. The van der Waals surface area contributed by atoms with Gasteiger partial charge in [-0.1, -0.05) is 0 Å². The van der Waals surface area contributed by atoms with E-state index in [0.717, 1.165) is 18.7 Å². The predicted octanol–water partition coefficient (Wildman–Crippen LogP) is 0.0305. The van der Waals surface area contributed by atoms with Crippen molar-refractivity contribution in [3.05, 3.63) is 0 Å². The van der Waals surface area contributed by atoms with Gasteiger partial charge >= 0.3 is 0 Å². The van der Waals surface area contributed by atoms with E-state index in [0.29, 0.717) is 6.04 Å². The summed E-state index contributed by atoms with van der Waals surface area (Å²) in [5.74, 6) is 0.725. The van der Waals surface area contributed by atoms with Crippen molar-refractivity contribution in [1.82, 2.24) is 5.43 Å². The van der Waals surface area contributed by atoms with Crippen LogP contribution >= 0.6 is 0 Å². The third-order valence-corrected chi connectivity index (χ3v) is 1.26. The Kier molecular flexibility index (Phi) is 1.37. The van der Waals surface area contributed by atoms with Gasteiger partial charge in [-0.3, -0.25) is 0 Å². The molecule has 0 aromatic heterocycles. The average Bonchev–Trinajstić information content (AvgIpc) is 1.77. The topological polar surface area (TPSA) is 50.4 Å². The Hall–Kier alpha value is -0.730. The molecule has 1 unspecified atom stereocenters. The van der Waals surface area contributed by atoms with Crippen molar-refractivity contribution >= 4 is 5.84 Å². The van der Waals surface area contributed by atoms with Gasteiger partial charge in [0.05, 0.1) is 0 Å². The lowest BCUT2D eigenvalue weighted by molar-refractivity contribution is 0.517. The minimum absolute atomic E-state index is 0.502. The van der Waals surface area contributed by atoms with Crippen LogP contribution in [0.2, 0.25) is 0 Å². The Morgan fingerprint density at radius 1 is 1.88 bits per heavy atom. The van der Waals surface area contributed by atoms with Crippen LogP contribution in [-0.2, 0) is 0 Å². The molecule has 0 bridgehead atoms. The standard InChI is InChI=1S/C5H11N3/c1-4-2-3-5(6)8-7-4/h4,7H,2-3H2,1H3,(H2,6,8). The normalized spacial score (nSPS) is 28.6. The average molecular weight is 113 g/mol. The van der Waals surface area contributed by atoms with Crippen molar-refractivity contribution in [3.8, 4) is 0 Å². The number of amidine groups is 1. The van der Waals surface area contributed by atoms with Gasteiger partial charge in [0, 0.05) is 12.5 Å². The van der Waals surface area contributed by atoms with E-state index in [1.165, 1.54) is 0 Å². The molecule has 1 heterocycles. The first-order valence-electron chi connectivity index (χ1n) is 2.86. The number of nitrogens with one attached hydrogen (secondary N) is 1. The lowest BCUT2D eigenvalue weighted by atomic mass is 10.1. The summed E-state index contributed by atoms with van der Waals surface area (Å²) in [7, 11) is 0. The molecule has 1 aliphatic rings. The molecule has 0 aromatic rings. The van der Waals surface area contributed by atoms with Gasteiger partial charge in [0.2, 0.25) is 0 Å². The Morgan fingerprint density at radius 2 is 2.62 bits per heavy atom. The summed E-state index contributed by atoms with van der Waals surface area (Å²) in [6.07, 6.45) is 2.05. The third-order valence-electron chi connectivity index (χ3n) is 1.26. The molecule has 8 heavy (non-hydrogen) atoms. The summed E-state index contributed by atoms with van der Waals surface area (Å²) in [4.78, 5) is 0. The molecule has 0 saturated carbocycles. The van der Waals surface area contributed by atoms with Crippen LogP contribution in [0.5, 0.6) is 0 Å². The zero-order valence-corrected chi connectivity index (χ0v) is 5.02. The van der Waals surface area contributed by atoms with Crippen LogP contribution in [0.4, 0.5) is 0 Å².